The molecule has 0 saturated carbocycles. The van der Waals surface area contributed by atoms with Gasteiger partial charge in [-0.15, -0.1) is 0 Å². The standard InChI is InChI=1S/C41H57F3N4O10S.C33H52N2O8.C8H7F3N2O3S/c1-9-26(4)36(47(6)39(52)31(25(2)3)22-35(50)58-24-28-14-11-10-12-15-28)33(56-7)23-34(49)48-21-13-16-32(48)37(57-8)27(5)38(51)46-59(54,55)30-19-17-29(18-20-30)45-40(53)41(42,43)44;1-9-22(4)30(27(41-7)19-28(36)35-17-13-16-26(35)31(42-8)23(5)33(39)40)34(6)32(38)25(21(2)3)18-29(37)43-20-24-14-11-10-12-15-24;9-8(10,11)7(14)13-5-1-3-6(4-2-5)17(12,15)16/h10-12,14-15,17-20,25-27,31-33,36-37H,9,13,16,21-24H2,1-8H3,(H,45,53)(H,46,51);10-12,14-15,21-23,25-27,30-31H,9,13,16-20H2,1-8H3,(H,39,40);1-4H,(H,13,14)(H2,12,15,16)/t26-,27+,31-,32-,33+,36-,37+;22-,23+,25-,26-,27+,30-,31+;/m00./s1. The molecular weight excluding hydrogens is 1610 g/mol. The van der Waals surface area contributed by atoms with E-state index in [4.69, 9.17) is 33.6 Å². The second kappa shape index (κ2) is 47.2. The molecule has 2 heterocycles. The zero-order chi connectivity index (χ0) is 89.8. The fourth-order valence-electron chi connectivity index (χ4n) is 14.4. The topological polar surface area (TPSA) is 390 Å². The summed E-state index contributed by atoms with van der Waals surface area (Å²) in [6.07, 6.45) is -9.54. The number of aliphatic carboxylic acids is 1. The number of hydrogen-bond donors (Lipinski definition) is 5. The van der Waals surface area contributed by atoms with Crippen LogP contribution in [0.2, 0.25) is 0 Å². The Morgan fingerprint density at radius 1 is 0.513 bits per heavy atom. The van der Waals surface area contributed by atoms with Gasteiger partial charge in [0, 0.05) is 67.0 Å². The van der Waals surface area contributed by atoms with Crippen LogP contribution in [-0.4, -0.2) is 217 Å². The summed E-state index contributed by atoms with van der Waals surface area (Å²) in [5.74, 6) is -11.8. The van der Waals surface area contributed by atoms with E-state index in [1.54, 1.807) is 58.4 Å². The van der Waals surface area contributed by atoms with Crippen molar-refractivity contribution in [3.63, 3.8) is 0 Å². The van der Waals surface area contributed by atoms with Gasteiger partial charge in [-0.05, 0) is 116 Å². The molecule has 2 aliphatic heterocycles. The molecule has 4 aromatic carbocycles. The number of alkyl halides is 6. The Morgan fingerprint density at radius 3 is 1.16 bits per heavy atom. The predicted octanol–water partition coefficient (Wildman–Crippen LogP) is 10.6. The number of hydrogen-bond acceptors (Lipinski definition) is 20. The van der Waals surface area contributed by atoms with Crippen molar-refractivity contribution in [2.45, 2.75) is 217 Å². The van der Waals surface area contributed by atoms with Crippen LogP contribution in [0, 0.1) is 47.3 Å². The van der Waals surface area contributed by atoms with Crippen molar-refractivity contribution >= 4 is 90.7 Å². The van der Waals surface area contributed by atoms with Crippen molar-refractivity contribution < 1.29 is 125 Å². The third-order valence-corrected chi connectivity index (χ3v) is 23.9. The summed E-state index contributed by atoms with van der Waals surface area (Å²) in [5, 5.41) is 17.5. The molecule has 2 saturated heterocycles. The minimum atomic E-state index is -5.15. The fourth-order valence-corrected chi connectivity index (χ4v) is 16.0. The van der Waals surface area contributed by atoms with Crippen LogP contribution in [0.4, 0.5) is 37.7 Å². The van der Waals surface area contributed by atoms with Crippen molar-refractivity contribution in [2.75, 3.05) is 66.3 Å². The summed E-state index contributed by atoms with van der Waals surface area (Å²) in [4.78, 5) is 134. The van der Waals surface area contributed by atoms with Crippen LogP contribution in [0.1, 0.15) is 145 Å². The van der Waals surface area contributed by atoms with E-state index < -0.39 is 139 Å². The van der Waals surface area contributed by atoms with Gasteiger partial charge in [-0.25, -0.2) is 26.7 Å². The Labute approximate surface area is 692 Å². The summed E-state index contributed by atoms with van der Waals surface area (Å²) in [6, 6.07) is 24.4. The fraction of sp³-hybridized carbons (Fsp3) is 0.585. The van der Waals surface area contributed by atoms with Gasteiger partial charge in [-0.2, -0.15) is 26.3 Å². The van der Waals surface area contributed by atoms with Crippen LogP contribution in [0.15, 0.2) is 119 Å². The number of carboxylic acids is 1. The Morgan fingerprint density at radius 2 is 0.857 bits per heavy atom. The van der Waals surface area contributed by atoms with Gasteiger partial charge in [0.2, 0.25) is 39.6 Å². The lowest BCUT2D eigenvalue weighted by Crippen LogP contribution is -2.54. The van der Waals surface area contributed by atoms with E-state index in [9.17, 15) is 96.2 Å². The highest BCUT2D eigenvalue weighted by Gasteiger charge is 2.47. The second-order valence-corrected chi connectivity index (χ2v) is 33.6. The van der Waals surface area contributed by atoms with Gasteiger partial charge in [-0.1, -0.05) is 136 Å². The number of nitrogens with one attached hydrogen (secondary N) is 3. The molecule has 6 N–H and O–H groups in total. The zero-order valence-corrected chi connectivity index (χ0v) is 71.7. The predicted molar refractivity (Wildman–Crippen MR) is 427 cm³/mol. The lowest BCUT2D eigenvalue weighted by atomic mass is 9.87. The maximum Gasteiger partial charge on any atom is 0.471 e. The van der Waals surface area contributed by atoms with E-state index in [2.05, 4.69) is 0 Å². The molecule has 0 aromatic heterocycles. The number of carbonyl (C=O) groups excluding carboxylic acids is 9. The number of methoxy groups -OCH3 is 4. The van der Waals surface area contributed by atoms with Crippen molar-refractivity contribution in [3.05, 3.63) is 120 Å². The molecule has 2 aliphatic rings. The summed E-state index contributed by atoms with van der Waals surface area (Å²) in [7, 11) is 0.772. The summed E-state index contributed by atoms with van der Waals surface area (Å²) < 4.78 is 157. The third kappa shape index (κ3) is 30.5. The SMILES string of the molecule is CC[C@H](C)[C@@H]([C@@H](CC(=O)N1CCC[C@H]1[C@H](OC)[C@@H](C)C(=O)NS(=O)(=O)c1ccc(NC(=O)C(F)(F)F)cc1)OC)N(C)C(=O)[C@@H](CC(=O)OCc1ccccc1)C(C)C.CC[C@H](C)[C@@H]([C@@H](CC(=O)N1CCC[C@H]1[C@H](OC)[C@@H](C)C(=O)O)OC)N(C)C(=O)[C@@H](CC(=O)OCc1ccccc1)C(C)C.NS(=O)(=O)c1ccc(NC(=O)C(F)(F)F)cc1. The molecule has 37 heteroatoms. The molecule has 29 nitrogen and oxygen atoms in total. The van der Waals surface area contributed by atoms with Crippen molar-refractivity contribution in [2.24, 2.45) is 52.5 Å². The normalized spacial score (nSPS) is 17.5. The number of ether oxygens (including phenoxy) is 6. The molecule has 0 aliphatic carbocycles. The number of sulfonamides is 2. The third-order valence-electron chi connectivity index (χ3n) is 21.6. The van der Waals surface area contributed by atoms with Crippen molar-refractivity contribution in [1.82, 2.24) is 24.3 Å². The Balaban J connectivity index is 0.000000430. The molecule has 14 atom stereocenters. The molecular formula is C82H116F6N8O21S2. The minimum Gasteiger partial charge on any atom is -0.481 e. The Kier molecular flexibility index (Phi) is 40.5. The van der Waals surface area contributed by atoms with E-state index >= 15 is 0 Å². The number of carboxylic acid groups (broad SMARTS) is 1. The lowest BCUT2D eigenvalue weighted by Gasteiger charge is -2.40. The number of likely N-dealkylation sites (N-methyl/N-ethyl adjacent to an activating group) is 2. The van der Waals surface area contributed by atoms with E-state index in [1.165, 1.54) is 28.3 Å². The first-order valence-electron chi connectivity index (χ1n) is 39.1. The van der Waals surface area contributed by atoms with Gasteiger partial charge >= 0.3 is 42.1 Å². The molecule has 664 valence electrons. The Hall–Kier alpha value is -9.14. The molecule has 119 heavy (non-hydrogen) atoms. The number of benzene rings is 4. The lowest BCUT2D eigenvalue weighted by molar-refractivity contribution is -0.167. The summed E-state index contributed by atoms with van der Waals surface area (Å²) in [6.45, 7) is 19.6. The van der Waals surface area contributed by atoms with Crippen LogP contribution >= 0.6 is 0 Å². The van der Waals surface area contributed by atoms with Crippen molar-refractivity contribution in [3.8, 4) is 0 Å². The summed E-state index contributed by atoms with van der Waals surface area (Å²) >= 11 is 0. The van der Waals surface area contributed by atoms with Crippen LogP contribution in [-0.2, 0) is 110 Å². The van der Waals surface area contributed by atoms with Crippen LogP contribution in [0.3, 0.4) is 0 Å². The van der Waals surface area contributed by atoms with Gasteiger partial charge < -0.3 is 63.8 Å². The highest BCUT2D eigenvalue weighted by molar-refractivity contribution is 7.90. The highest BCUT2D eigenvalue weighted by Crippen LogP contribution is 2.35. The number of carbonyl (C=O) groups is 10. The van der Waals surface area contributed by atoms with Gasteiger partial charge in [0.25, 0.3) is 10.0 Å². The van der Waals surface area contributed by atoms with Gasteiger partial charge in [0.05, 0.1) is 108 Å². The van der Waals surface area contributed by atoms with E-state index in [1.807, 2.05) is 121 Å². The highest BCUT2D eigenvalue weighted by atomic mass is 32.2. The van der Waals surface area contributed by atoms with Crippen LogP contribution in [0.5, 0.6) is 0 Å². The minimum absolute atomic E-state index is 0.00215. The molecule has 2 fully saturated rings. The number of halogens is 6. The van der Waals surface area contributed by atoms with E-state index in [0.29, 0.717) is 38.8 Å². The Bertz CT molecular complexity index is 4210. The smallest absolute Gasteiger partial charge is 0.471 e. The maximum atomic E-state index is 14.1. The van der Waals surface area contributed by atoms with E-state index in [0.717, 1.165) is 72.5 Å². The number of likely N-dealkylation sites (tertiary alicyclic amines) is 2. The number of anilines is 2. The first-order valence-corrected chi connectivity index (χ1v) is 42.1. The van der Waals surface area contributed by atoms with Crippen LogP contribution < -0.4 is 20.5 Å². The molecule has 0 spiro atoms. The number of esters is 2. The molecule has 0 radical (unpaired) electrons. The van der Waals surface area contributed by atoms with Gasteiger partial charge in [0.1, 0.15) is 13.2 Å². The molecule has 4 aromatic rings. The molecule has 7 amide bonds. The van der Waals surface area contributed by atoms with Crippen molar-refractivity contribution in [1.29, 1.82) is 0 Å². The van der Waals surface area contributed by atoms with Gasteiger partial charge in [0.15, 0.2) is 0 Å². The monoisotopic (exact) mass is 1730 g/mol. The zero-order valence-electron chi connectivity index (χ0n) is 70.1. The van der Waals surface area contributed by atoms with E-state index in [-0.39, 0.29) is 109 Å². The summed E-state index contributed by atoms with van der Waals surface area (Å²) in [5.41, 5.74) is 1.21. The first kappa shape index (κ1) is 102. The number of nitrogens with zero attached hydrogens (tertiary/aromatic N) is 4. The largest absolute Gasteiger partial charge is 0.481 e. The number of rotatable bonds is 39. The van der Waals surface area contributed by atoms with Gasteiger partial charge in [-0.3, -0.25) is 47.9 Å². The quantitative estimate of drug-likeness (QED) is 0.0205. The molecule has 6 rings (SSSR count). The first-order chi connectivity index (χ1) is 55.6. The molecule has 0 unspecified atom stereocenters. The number of primary sulfonamides is 1. The number of nitrogens with two attached hydrogens (primary N) is 1. The average molecular weight is 1730 g/mol. The average Bonchev–Trinajstić information content (AvgIpc) is 1.79. The maximum absolute atomic E-state index is 14.1. The van der Waals surface area contributed by atoms with Crippen LogP contribution in [0.25, 0.3) is 0 Å². The molecule has 0 bridgehead atoms. The second-order valence-electron chi connectivity index (χ2n) is 30.4. The number of amides is 7.